The minimum Gasteiger partial charge on any atom is -0.383 e. The van der Waals surface area contributed by atoms with Gasteiger partial charge in [0.15, 0.2) is 0 Å². The van der Waals surface area contributed by atoms with Gasteiger partial charge in [0.25, 0.3) is 0 Å². The van der Waals surface area contributed by atoms with E-state index in [-0.39, 0.29) is 11.9 Å². The highest BCUT2D eigenvalue weighted by Gasteiger charge is 2.31. The largest absolute Gasteiger partial charge is 0.383 e. The van der Waals surface area contributed by atoms with E-state index in [1.54, 1.807) is 0 Å². The number of hydrogen-bond acceptors (Lipinski definition) is 5. The van der Waals surface area contributed by atoms with Gasteiger partial charge in [-0.15, -0.1) is 0 Å². The number of nitrogens with zero attached hydrogens (tertiary/aromatic N) is 3. The van der Waals surface area contributed by atoms with E-state index in [0.29, 0.717) is 18.1 Å². The van der Waals surface area contributed by atoms with Crippen LogP contribution in [0.25, 0.3) is 0 Å². The monoisotopic (exact) mass is 249 g/mol. The summed E-state index contributed by atoms with van der Waals surface area (Å²) < 4.78 is 0. The van der Waals surface area contributed by atoms with Crippen molar-refractivity contribution in [2.75, 3.05) is 17.2 Å². The second-order valence-corrected chi connectivity index (χ2v) is 4.58. The summed E-state index contributed by atoms with van der Waals surface area (Å²) in [7, 11) is 0. The van der Waals surface area contributed by atoms with Gasteiger partial charge in [0.1, 0.15) is 23.5 Å². The number of carbonyl (C=O) groups excluding carboxylic acids is 1. The van der Waals surface area contributed by atoms with Crippen LogP contribution < -0.4 is 16.4 Å². The van der Waals surface area contributed by atoms with Crippen LogP contribution in [0.15, 0.2) is 0 Å². The summed E-state index contributed by atoms with van der Waals surface area (Å²) in [6, 6.07) is -0.275. The molecule has 0 spiro atoms. The number of nitrogens with two attached hydrogens (primary N) is 2. The molecule has 1 aromatic rings. The molecule has 0 aliphatic carbocycles. The fourth-order valence-corrected chi connectivity index (χ4v) is 2.32. The Bertz CT molecular complexity index is 474. The molecule has 1 aromatic heterocycles. The van der Waals surface area contributed by atoms with E-state index in [2.05, 4.69) is 9.97 Å². The highest BCUT2D eigenvalue weighted by atomic mass is 16.1. The number of amides is 1. The van der Waals surface area contributed by atoms with Crippen molar-refractivity contribution in [1.29, 1.82) is 0 Å². The van der Waals surface area contributed by atoms with Crippen LogP contribution in [0.2, 0.25) is 0 Å². The van der Waals surface area contributed by atoms with Gasteiger partial charge in [-0.25, -0.2) is 9.97 Å². The minimum atomic E-state index is -0.304. The minimum absolute atomic E-state index is 0.275. The Morgan fingerprint density at radius 2 is 2.22 bits per heavy atom. The first-order valence-electron chi connectivity index (χ1n) is 6.23. The maximum absolute atomic E-state index is 11.4. The van der Waals surface area contributed by atoms with Crippen molar-refractivity contribution in [2.45, 2.75) is 39.2 Å². The summed E-state index contributed by atoms with van der Waals surface area (Å²) in [5.41, 5.74) is 12.1. The molecule has 1 saturated heterocycles. The first-order valence-corrected chi connectivity index (χ1v) is 6.23. The summed E-state index contributed by atoms with van der Waals surface area (Å²) >= 11 is 0. The van der Waals surface area contributed by atoms with E-state index in [1.807, 2.05) is 18.7 Å². The molecule has 0 bridgehead atoms. The molecule has 0 aromatic carbocycles. The molecule has 98 valence electrons. The van der Waals surface area contributed by atoms with Crippen LogP contribution in [-0.2, 0) is 11.2 Å². The third-order valence-corrected chi connectivity index (χ3v) is 3.37. The highest BCUT2D eigenvalue weighted by molar-refractivity contribution is 5.84. The average Bonchev–Trinajstić information content (AvgIpc) is 2.81. The van der Waals surface area contributed by atoms with Crippen molar-refractivity contribution in [3.8, 4) is 0 Å². The van der Waals surface area contributed by atoms with Crippen LogP contribution in [0.3, 0.4) is 0 Å². The van der Waals surface area contributed by atoms with Gasteiger partial charge in [-0.3, -0.25) is 4.79 Å². The Balaban J connectivity index is 2.43. The number of nitrogen functional groups attached to an aromatic ring is 1. The lowest BCUT2D eigenvalue weighted by Gasteiger charge is -2.25. The van der Waals surface area contributed by atoms with Gasteiger partial charge in [0, 0.05) is 18.5 Å². The number of rotatable bonds is 3. The van der Waals surface area contributed by atoms with Crippen molar-refractivity contribution >= 4 is 17.5 Å². The third kappa shape index (κ3) is 2.10. The number of hydrogen-bond donors (Lipinski definition) is 2. The summed E-state index contributed by atoms with van der Waals surface area (Å²) in [6.07, 6.45) is 2.44. The van der Waals surface area contributed by atoms with Crippen molar-refractivity contribution in [2.24, 2.45) is 5.73 Å². The third-order valence-electron chi connectivity index (χ3n) is 3.37. The molecule has 1 aliphatic rings. The molecular weight excluding hydrogens is 230 g/mol. The molecule has 1 fully saturated rings. The lowest BCUT2D eigenvalue weighted by molar-refractivity contribution is -0.119. The second-order valence-electron chi connectivity index (χ2n) is 4.58. The maximum atomic E-state index is 11.4. The van der Waals surface area contributed by atoms with Gasteiger partial charge in [-0.05, 0) is 19.8 Å². The SMILES string of the molecule is CCc1nc(N)c(C)c(N2CCCC2C(N)=O)n1. The molecule has 2 rings (SSSR count). The van der Waals surface area contributed by atoms with Crippen LogP contribution in [0.5, 0.6) is 0 Å². The summed E-state index contributed by atoms with van der Waals surface area (Å²) in [4.78, 5) is 22.1. The zero-order chi connectivity index (χ0) is 13.3. The Morgan fingerprint density at radius 1 is 1.50 bits per heavy atom. The molecule has 1 atom stereocenters. The molecule has 18 heavy (non-hydrogen) atoms. The number of aromatic nitrogens is 2. The average molecular weight is 249 g/mol. The molecular formula is C12H19N5O. The van der Waals surface area contributed by atoms with Gasteiger partial charge in [0.05, 0.1) is 0 Å². The number of aryl methyl sites for hydroxylation is 1. The highest BCUT2D eigenvalue weighted by Crippen LogP contribution is 2.28. The molecule has 2 heterocycles. The molecule has 1 aliphatic heterocycles. The number of primary amides is 1. The summed E-state index contributed by atoms with van der Waals surface area (Å²) in [5.74, 6) is 1.62. The van der Waals surface area contributed by atoms with Crippen molar-refractivity contribution in [3.05, 3.63) is 11.4 Å². The van der Waals surface area contributed by atoms with Crippen molar-refractivity contribution in [3.63, 3.8) is 0 Å². The van der Waals surface area contributed by atoms with E-state index < -0.39 is 0 Å². The molecule has 6 heteroatoms. The first kappa shape index (κ1) is 12.6. The lowest BCUT2D eigenvalue weighted by Crippen LogP contribution is -2.41. The van der Waals surface area contributed by atoms with E-state index >= 15 is 0 Å². The Labute approximate surface area is 106 Å². The Morgan fingerprint density at radius 3 is 2.83 bits per heavy atom. The van der Waals surface area contributed by atoms with Crippen LogP contribution in [0, 0.1) is 6.92 Å². The molecule has 1 amide bonds. The number of carbonyl (C=O) groups is 1. The van der Waals surface area contributed by atoms with Crippen LogP contribution >= 0.6 is 0 Å². The van der Waals surface area contributed by atoms with Crippen LogP contribution in [0.4, 0.5) is 11.6 Å². The predicted molar refractivity (Wildman–Crippen MR) is 70.1 cm³/mol. The first-order chi connectivity index (χ1) is 8.54. The molecule has 0 radical (unpaired) electrons. The van der Waals surface area contributed by atoms with E-state index in [9.17, 15) is 4.79 Å². The standard InChI is InChI=1S/C12H19N5O/c1-3-9-15-10(13)7(2)12(16-9)17-6-4-5-8(17)11(14)18/h8H,3-6H2,1-2H3,(H2,14,18)(H2,13,15,16). The van der Waals surface area contributed by atoms with Gasteiger partial charge < -0.3 is 16.4 Å². The predicted octanol–water partition coefficient (Wildman–Crippen LogP) is 0.384. The van der Waals surface area contributed by atoms with Crippen molar-refractivity contribution in [1.82, 2.24) is 9.97 Å². The molecule has 4 N–H and O–H groups in total. The van der Waals surface area contributed by atoms with Gasteiger partial charge in [-0.1, -0.05) is 6.92 Å². The summed E-state index contributed by atoms with van der Waals surface area (Å²) in [5, 5.41) is 0. The molecule has 6 nitrogen and oxygen atoms in total. The summed E-state index contributed by atoms with van der Waals surface area (Å²) in [6.45, 7) is 4.64. The van der Waals surface area contributed by atoms with E-state index in [0.717, 1.165) is 30.8 Å². The van der Waals surface area contributed by atoms with Crippen LogP contribution in [0.1, 0.15) is 31.2 Å². The second kappa shape index (κ2) is 4.80. The van der Waals surface area contributed by atoms with E-state index in [1.165, 1.54) is 0 Å². The fraction of sp³-hybridized carbons (Fsp3) is 0.583. The van der Waals surface area contributed by atoms with Crippen molar-refractivity contribution < 1.29 is 4.79 Å². The topological polar surface area (TPSA) is 98.1 Å². The zero-order valence-electron chi connectivity index (χ0n) is 10.8. The normalized spacial score (nSPS) is 19.2. The quantitative estimate of drug-likeness (QED) is 0.807. The Hall–Kier alpha value is -1.85. The van der Waals surface area contributed by atoms with E-state index in [4.69, 9.17) is 11.5 Å². The lowest BCUT2D eigenvalue weighted by atomic mass is 10.2. The van der Waals surface area contributed by atoms with Gasteiger partial charge >= 0.3 is 0 Å². The fourth-order valence-electron chi connectivity index (χ4n) is 2.32. The number of anilines is 2. The van der Waals surface area contributed by atoms with Gasteiger partial charge in [-0.2, -0.15) is 0 Å². The molecule has 1 unspecified atom stereocenters. The van der Waals surface area contributed by atoms with Gasteiger partial charge in [0.2, 0.25) is 5.91 Å². The maximum Gasteiger partial charge on any atom is 0.240 e. The molecule has 0 saturated carbocycles. The zero-order valence-corrected chi connectivity index (χ0v) is 10.8. The Kier molecular flexibility index (Phi) is 3.36. The smallest absolute Gasteiger partial charge is 0.240 e. The van der Waals surface area contributed by atoms with Crippen LogP contribution in [-0.4, -0.2) is 28.5 Å².